The Morgan fingerprint density at radius 1 is 0.533 bits per heavy atom. The molecule has 0 aliphatic heterocycles. The molecule has 2 unspecified atom stereocenters. The Balaban J connectivity index is 0.00000230. The maximum Gasteiger partial charge on any atom is -0.147 e. The summed E-state index contributed by atoms with van der Waals surface area (Å²) in [5.74, 6) is 0. The van der Waals surface area contributed by atoms with Gasteiger partial charge in [-0.05, 0) is 0 Å². The normalized spacial score (nSPS) is 17.1. The number of rotatable bonds is 5. The predicted molar refractivity (Wildman–Crippen MR) is 204 cm³/mol. The van der Waals surface area contributed by atoms with E-state index in [2.05, 4.69) is 144 Å². The van der Waals surface area contributed by atoms with Gasteiger partial charge in [-0.25, -0.2) is 0 Å². The van der Waals surface area contributed by atoms with Crippen molar-refractivity contribution < 1.29 is 17.4 Å². The number of fused-ring (bicyclic) bond motifs is 2. The molecule has 236 valence electrons. The Morgan fingerprint density at radius 3 is 1.33 bits per heavy atom. The number of aryl methyl sites for hydroxylation is 6. The van der Waals surface area contributed by atoms with Gasteiger partial charge in [0.25, 0.3) is 0 Å². The zero-order chi connectivity index (χ0) is 31.0. The summed E-state index contributed by atoms with van der Waals surface area (Å²) in [6.07, 6.45) is 6.27. The van der Waals surface area contributed by atoms with Crippen LogP contribution in [0.4, 0.5) is 0 Å². The van der Waals surface area contributed by atoms with Crippen molar-refractivity contribution in [1.29, 1.82) is 0 Å². The van der Waals surface area contributed by atoms with E-state index in [9.17, 15) is 0 Å². The molecule has 4 aromatic rings. The summed E-state index contributed by atoms with van der Waals surface area (Å²) in [5.41, 5.74) is 23.0. The van der Waals surface area contributed by atoms with Crippen molar-refractivity contribution in [2.24, 2.45) is 0 Å². The van der Waals surface area contributed by atoms with Crippen LogP contribution in [0.25, 0.3) is 34.4 Å². The summed E-state index contributed by atoms with van der Waals surface area (Å²) in [4.78, 5) is 0. The van der Waals surface area contributed by atoms with E-state index in [1.165, 1.54) is 66.8 Å². The van der Waals surface area contributed by atoms with E-state index in [1.54, 1.807) is 22.3 Å². The molecule has 0 fully saturated rings. The minimum atomic E-state index is -3.64. The molecule has 4 aromatic carbocycles. The molecule has 2 aliphatic carbocycles. The Labute approximate surface area is 287 Å². The van der Waals surface area contributed by atoms with Crippen molar-refractivity contribution in [3.63, 3.8) is 0 Å². The molecule has 0 spiro atoms. The van der Waals surface area contributed by atoms with Crippen molar-refractivity contribution in [3.8, 4) is 22.3 Å². The van der Waals surface area contributed by atoms with E-state index in [0.717, 1.165) is 6.42 Å². The fraction of sp³-hybridized carbons (Fsp3) is 0.317. The Bertz CT molecular complexity index is 1930. The minimum absolute atomic E-state index is 0. The second kappa shape index (κ2) is 12.6. The first-order valence-electron chi connectivity index (χ1n) is 16.1. The molecule has 0 nitrogen and oxygen atoms in total. The molecule has 0 saturated carbocycles. The van der Waals surface area contributed by atoms with Gasteiger partial charge in [-0.15, -0.1) is 24.8 Å². The Morgan fingerprint density at radius 2 is 0.911 bits per heavy atom. The van der Waals surface area contributed by atoms with Gasteiger partial charge in [0.2, 0.25) is 0 Å². The van der Waals surface area contributed by atoms with E-state index in [4.69, 9.17) is 0 Å². The maximum absolute atomic E-state index is 3.64. The molecular formula is C41H50Cl2SiZr. The minimum Gasteiger partial charge on any atom is -0.147 e. The van der Waals surface area contributed by atoms with Crippen LogP contribution in [0.1, 0.15) is 83.2 Å². The largest absolute Gasteiger partial charge is 0.147 e. The quantitative estimate of drug-likeness (QED) is 0.179. The van der Waals surface area contributed by atoms with Crippen LogP contribution in [0, 0.1) is 41.5 Å². The molecule has 0 saturated heterocycles. The van der Waals surface area contributed by atoms with E-state index in [-0.39, 0.29) is 24.8 Å². The zero-order valence-corrected chi connectivity index (χ0v) is 34.3. The van der Waals surface area contributed by atoms with Gasteiger partial charge in [0, 0.05) is 0 Å². The van der Waals surface area contributed by atoms with Crippen molar-refractivity contribution in [2.75, 3.05) is 0 Å². The second-order valence-electron chi connectivity index (χ2n) is 15.1. The Hall–Kier alpha value is -1.96. The Kier molecular flexibility index (Phi) is 10.0. The first kappa shape index (κ1) is 35.9. The maximum atomic E-state index is 2.78. The summed E-state index contributed by atoms with van der Waals surface area (Å²) in [6, 6.07) is 24.0. The van der Waals surface area contributed by atoms with Gasteiger partial charge in [-0.1, -0.05) is 0 Å². The number of benzene rings is 4. The van der Waals surface area contributed by atoms with Crippen molar-refractivity contribution in [3.05, 3.63) is 127 Å². The van der Waals surface area contributed by atoms with Crippen LogP contribution in [0.2, 0.25) is 9.26 Å². The summed E-state index contributed by atoms with van der Waals surface area (Å²) in [6.45, 7) is 20.8. The average Bonchev–Trinajstić information content (AvgIpc) is 3.44. The smallest absolute Gasteiger partial charge is 0.147 e. The topological polar surface area (TPSA) is 0 Å². The molecule has 0 aromatic heterocycles. The summed E-state index contributed by atoms with van der Waals surface area (Å²) < 4.78 is 6.61. The third kappa shape index (κ3) is 6.23. The molecule has 2 atom stereocenters. The van der Waals surface area contributed by atoms with E-state index in [0.29, 0.717) is 7.25 Å². The van der Waals surface area contributed by atoms with Crippen LogP contribution in [-0.2, 0) is 17.4 Å². The van der Waals surface area contributed by atoms with Gasteiger partial charge >= 0.3 is 264 Å². The standard InChI is InChI=1S/C20H21.C19H19.2CH3.2ClH.H2Si.Zr/c1-5-16-11-18-9-15(4)10-19(20(18)12-16)17-7-13(2)6-14(3)8-17;1-12-5-13(2)7-16(6-12)18-10-14(3)8-17-9-15(4)11-19(17)18;;;;;;/h6-12H,5H2,1-4H3;5-11H,1-4H3;2*1H3;2*1H;1H2;. The third-order valence-electron chi connectivity index (χ3n) is 10.2. The van der Waals surface area contributed by atoms with E-state index in [1.807, 2.05) is 0 Å². The number of hydrogen-bond acceptors (Lipinski definition) is 0. The zero-order valence-electron chi connectivity index (χ0n) is 28.8. The second-order valence-corrected chi connectivity index (χ2v) is 45.6. The van der Waals surface area contributed by atoms with Gasteiger partial charge in [-0.3, -0.25) is 0 Å². The molecule has 0 bridgehead atoms. The van der Waals surface area contributed by atoms with E-state index >= 15 is 0 Å². The van der Waals surface area contributed by atoms with Gasteiger partial charge in [0.05, 0.1) is 0 Å². The molecule has 0 amide bonds. The summed E-state index contributed by atoms with van der Waals surface area (Å²) in [7, 11) is 0. The fourth-order valence-corrected chi connectivity index (χ4v) is 29.7. The SMILES string of the molecule is CCC1=Cc2c(-c3cc(C)cc(C)c3)cc(C)cc2[CH]1[Zr]([CH3])([CH3])(=[SiH2])[CH]1C(C)=Cc2c(-c3cc(C)cc(C)c3)cc(C)cc21.Cl.Cl. The van der Waals surface area contributed by atoms with Crippen LogP contribution in [0.15, 0.2) is 71.8 Å². The first-order valence-corrected chi connectivity index (χ1v) is 29.8. The molecule has 45 heavy (non-hydrogen) atoms. The van der Waals surface area contributed by atoms with Crippen molar-refractivity contribution in [1.82, 2.24) is 0 Å². The number of hydrogen-bond donors (Lipinski definition) is 0. The molecule has 0 radical (unpaired) electrons. The number of halogens is 2. The van der Waals surface area contributed by atoms with Gasteiger partial charge < -0.3 is 0 Å². The van der Waals surface area contributed by atoms with Gasteiger partial charge in [0.15, 0.2) is 0 Å². The molecule has 6 rings (SSSR count). The van der Waals surface area contributed by atoms with Crippen LogP contribution in [0.3, 0.4) is 0 Å². The fourth-order valence-electron chi connectivity index (χ4n) is 9.06. The van der Waals surface area contributed by atoms with Gasteiger partial charge in [0.1, 0.15) is 0 Å². The van der Waals surface area contributed by atoms with Crippen LogP contribution in [0.5, 0.6) is 0 Å². The molecule has 0 heterocycles. The van der Waals surface area contributed by atoms with Crippen LogP contribution in [-0.4, -0.2) is 6.88 Å². The monoisotopic (exact) mass is 730 g/mol. The number of allylic oxidation sites excluding steroid dienone is 2. The predicted octanol–water partition coefficient (Wildman–Crippen LogP) is 12.1. The summed E-state index contributed by atoms with van der Waals surface area (Å²) >= 11 is -3.64. The van der Waals surface area contributed by atoms with Crippen LogP contribution >= 0.6 is 24.8 Å². The van der Waals surface area contributed by atoms with Crippen LogP contribution < -0.4 is 0 Å². The molecular weight excluding hydrogens is 683 g/mol. The van der Waals surface area contributed by atoms with Gasteiger partial charge in [-0.2, -0.15) is 0 Å². The average molecular weight is 733 g/mol. The third-order valence-corrected chi connectivity index (χ3v) is 27.9. The molecule has 0 N–H and O–H groups in total. The first-order chi connectivity index (χ1) is 20.1. The van der Waals surface area contributed by atoms with Crippen molar-refractivity contribution in [2.45, 2.75) is 78.3 Å². The van der Waals surface area contributed by atoms with Crippen molar-refractivity contribution >= 4 is 43.8 Å². The summed E-state index contributed by atoms with van der Waals surface area (Å²) in [5, 5.41) is 0. The molecule has 2 aliphatic rings. The van der Waals surface area contributed by atoms with E-state index < -0.39 is 17.4 Å². The molecule has 4 heteroatoms.